The molecule has 1 amide bonds. The molecule has 0 aliphatic carbocycles. The molecule has 18 heavy (non-hydrogen) atoms. The first kappa shape index (κ1) is 15.0. The van der Waals surface area contributed by atoms with Gasteiger partial charge in [-0.1, -0.05) is 11.6 Å². The summed E-state index contributed by atoms with van der Waals surface area (Å²) in [7, 11) is 1.50. The molecule has 0 saturated carbocycles. The zero-order valence-corrected chi connectivity index (χ0v) is 12.3. The van der Waals surface area contributed by atoms with E-state index in [1.165, 1.54) is 37.1 Å². The lowest BCUT2D eigenvalue weighted by molar-refractivity contribution is -0.155. The van der Waals surface area contributed by atoms with Crippen LogP contribution in [-0.4, -0.2) is 34.5 Å². The molecule has 1 N–H and O–H groups in total. The van der Waals surface area contributed by atoms with Crippen molar-refractivity contribution in [3.63, 3.8) is 0 Å². The second-order valence-corrected chi connectivity index (χ2v) is 6.37. The predicted molar refractivity (Wildman–Crippen MR) is 72.2 cm³/mol. The molecule has 1 unspecified atom stereocenters. The van der Waals surface area contributed by atoms with Crippen molar-refractivity contribution in [3.05, 3.63) is 21.3 Å². The smallest absolute Gasteiger partial charge is 0.329 e. The molecule has 0 saturated heterocycles. The second kappa shape index (κ2) is 5.28. The third-order valence-electron chi connectivity index (χ3n) is 3.08. The fourth-order valence-electron chi connectivity index (χ4n) is 1.39. The molecule has 0 fully saturated rings. The molecule has 100 valence electrons. The highest BCUT2D eigenvalue weighted by Crippen LogP contribution is 2.30. The van der Waals surface area contributed by atoms with Gasteiger partial charge in [0.25, 0.3) is 0 Å². The van der Waals surface area contributed by atoms with Crippen LogP contribution in [0.1, 0.15) is 31.6 Å². The van der Waals surface area contributed by atoms with E-state index in [0.29, 0.717) is 4.34 Å². The molecule has 6 heteroatoms. The molecule has 1 aromatic heterocycles. The lowest BCUT2D eigenvalue weighted by Crippen LogP contribution is -2.51. The maximum Gasteiger partial charge on any atom is 0.329 e. The third kappa shape index (κ3) is 2.84. The Balaban J connectivity index is 2.91. The summed E-state index contributed by atoms with van der Waals surface area (Å²) in [4.78, 5) is 25.4. The first-order valence-corrected chi connectivity index (χ1v) is 6.63. The Hall–Kier alpha value is -1.07. The highest BCUT2D eigenvalue weighted by Gasteiger charge is 2.37. The van der Waals surface area contributed by atoms with E-state index >= 15 is 0 Å². The van der Waals surface area contributed by atoms with Crippen molar-refractivity contribution >= 4 is 34.8 Å². The van der Waals surface area contributed by atoms with Gasteiger partial charge in [-0.3, -0.25) is 4.79 Å². The summed E-state index contributed by atoms with van der Waals surface area (Å²) in [6.45, 7) is 4.75. The third-order valence-corrected chi connectivity index (χ3v) is 4.50. The molecule has 4 nitrogen and oxygen atoms in total. The Bertz CT molecular complexity index is 470. The van der Waals surface area contributed by atoms with Gasteiger partial charge in [0.1, 0.15) is 5.54 Å². The number of hydrogen-bond donors (Lipinski definition) is 1. The second-order valence-electron chi connectivity index (χ2n) is 4.62. The Morgan fingerprint density at radius 2 is 2.00 bits per heavy atom. The molecule has 0 aliphatic heterocycles. The maximum absolute atomic E-state index is 12.2. The maximum atomic E-state index is 12.2. The monoisotopic (exact) mass is 289 g/mol. The van der Waals surface area contributed by atoms with Crippen molar-refractivity contribution < 1.29 is 14.7 Å². The van der Waals surface area contributed by atoms with E-state index in [1.54, 1.807) is 19.1 Å². The summed E-state index contributed by atoms with van der Waals surface area (Å²) in [6, 6.07) is 3.52. The lowest BCUT2D eigenvalue weighted by Gasteiger charge is -2.33. The molecular formula is C12H16ClNO3S. The predicted octanol–water partition coefficient (Wildman–Crippen LogP) is 2.83. The number of likely N-dealkylation sites (N-methyl/N-ethyl adjacent to an activating group) is 1. The van der Waals surface area contributed by atoms with E-state index < -0.39 is 17.4 Å². The first-order chi connectivity index (χ1) is 8.17. The van der Waals surface area contributed by atoms with Gasteiger partial charge in [0.05, 0.1) is 10.3 Å². The Morgan fingerprint density at radius 1 is 1.44 bits per heavy atom. The Labute approximate surface area is 115 Å². The van der Waals surface area contributed by atoms with Crippen LogP contribution < -0.4 is 0 Å². The number of amides is 1. The van der Waals surface area contributed by atoms with Gasteiger partial charge in [0.15, 0.2) is 0 Å². The zero-order valence-electron chi connectivity index (χ0n) is 10.7. The van der Waals surface area contributed by atoms with Crippen molar-refractivity contribution in [1.29, 1.82) is 0 Å². The molecule has 0 spiro atoms. The van der Waals surface area contributed by atoms with Gasteiger partial charge in [-0.15, -0.1) is 11.3 Å². The SMILES string of the molecule is CC(C(=O)N(C)C(C)(C)C(=O)O)c1ccc(Cl)s1. The number of rotatable bonds is 4. The van der Waals surface area contributed by atoms with Crippen LogP contribution in [0.4, 0.5) is 0 Å². The topological polar surface area (TPSA) is 57.6 Å². The van der Waals surface area contributed by atoms with Crippen LogP contribution in [-0.2, 0) is 9.59 Å². The Morgan fingerprint density at radius 3 is 2.39 bits per heavy atom. The fourth-order valence-corrected chi connectivity index (χ4v) is 2.50. The van der Waals surface area contributed by atoms with Crippen LogP contribution in [0.15, 0.2) is 12.1 Å². The normalized spacial score (nSPS) is 13.2. The van der Waals surface area contributed by atoms with E-state index in [0.717, 1.165) is 4.88 Å². The summed E-state index contributed by atoms with van der Waals surface area (Å²) in [5, 5.41) is 9.10. The molecule has 1 atom stereocenters. The minimum Gasteiger partial charge on any atom is -0.480 e. The minimum absolute atomic E-state index is 0.235. The van der Waals surface area contributed by atoms with E-state index in [-0.39, 0.29) is 5.91 Å². The number of nitrogens with zero attached hydrogens (tertiary/aromatic N) is 1. The highest BCUT2D eigenvalue weighted by atomic mass is 35.5. The van der Waals surface area contributed by atoms with Gasteiger partial charge in [-0.25, -0.2) is 4.79 Å². The van der Waals surface area contributed by atoms with Crippen LogP contribution in [0.2, 0.25) is 4.34 Å². The number of halogens is 1. The summed E-state index contributed by atoms with van der Waals surface area (Å²) in [5.74, 6) is -1.66. The summed E-state index contributed by atoms with van der Waals surface area (Å²) in [5.41, 5.74) is -1.23. The largest absolute Gasteiger partial charge is 0.480 e. The van der Waals surface area contributed by atoms with E-state index in [1.807, 2.05) is 0 Å². The van der Waals surface area contributed by atoms with Crippen LogP contribution >= 0.6 is 22.9 Å². The number of hydrogen-bond acceptors (Lipinski definition) is 3. The molecule has 1 heterocycles. The van der Waals surface area contributed by atoms with E-state index in [9.17, 15) is 9.59 Å². The molecular weight excluding hydrogens is 274 g/mol. The average molecular weight is 290 g/mol. The molecule has 0 aromatic carbocycles. The molecule has 0 bridgehead atoms. The number of carboxylic acid groups (broad SMARTS) is 1. The van der Waals surface area contributed by atoms with Crippen LogP contribution in [0.3, 0.4) is 0 Å². The lowest BCUT2D eigenvalue weighted by atomic mass is 10.0. The van der Waals surface area contributed by atoms with Crippen molar-refractivity contribution in [2.24, 2.45) is 0 Å². The molecule has 1 aromatic rings. The highest BCUT2D eigenvalue weighted by molar-refractivity contribution is 7.16. The van der Waals surface area contributed by atoms with Gasteiger partial charge in [0.2, 0.25) is 5.91 Å². The summed E-state index contributed by atoms with van der Waals surface area (Å²) >= 11 is 7.16. The number of carboxylic acids is 1. The Kier molecular flexibility index (Phi) is 4.40. The van der Waals surface area contributed by atoms with Gasteiger partial charge in [-0.2, -0.15) is 0 Å². The van der Waals surface area contributed by atoms with Crippen LogP contribution in [0, 0.1) is 0 Å². The van der Waals surface area contributed by atoms with E-state index in [4.69, 9.17) is 16.7 Å². The number of aliphatic carboxylic acids is 1. The van der Waals surface area contributed by atoms with Gasteiger partial charge in [0, 0.05) is 11.9 Å². The van der Waals surface area contributed by atoms with Crippen molar-refractivity contribution in [2.75, 3.05) is 7.05 Å². The van der Waals surface area contributed by atoms with Crippen molar-refractivity contribution in [2.45, 2.75) is 32.2 Å². The number of thiophene rings is 1. The van der Waals surface area contributed by atoms with Crippen LogP contribution in [0.5, 0.6) is 0 Å². The molecule has 0 radical (unpaired) electrons. The van der Waals surface area contributed by atoms with E-state index in [2.05, 4.69) is 0 Å². The number of carbonyl (C=O) groups is 2. The quantitative estimate of drug-likeness (QED) is 0.927. The molecule has 1 rings (SSSR count). The van der Waals surface area contributed by atoms with Crippen molar-refractivity contribution in [3.8, 4) is 0 Å². The van der Waals surface area contributed by atoms with Gasteiger partial charge < -0.3 is 10.0 Å². The standard InChI is InChI=1S/C12H16ClNO3S/c1-7(8-5-6-9(13)18-8)10(15)14(4)12(2,3)11(16)17/h5-7H,1-4H3,(H,16,17). The minimum atomic E-state index is -1.23. The van der Waals surface area contributed by atoms with Gasteiger partial charge in [-0.05, 0) is 32.9 Å². The zero-order chi connectivity index (χ0) is 14.1. The molecule has 0 aliphatic rings. The first-order valence-electron chi connectivity index (χ1n) is 5.44. The summed E-state index contributed by atoms with van der Waals surface area (Å²) < 4.78 is 0.616. The van der Waals surface area contributed by atoms with Gasteiger partial charge >= 0.3 is 5.97 Å². The average Bonchev–Trinajstić information content (AvgIpc) is 2.72. The van der Waals surface area contributed by atoms with Crippen LogP contribution in [0.25, 0.3) is 0 Å². The number of carbonyl (C=O) groups excluding carboxylic acids is 1. The fraction of sp³-hybridized carbons (Fsp3) is 0.500. The van der Waals surface area contributed by atoms with Crippen molar-refractivity contribution in [1.82, 2.24) is 4.90 Å². The summed E-state index contributed by atoms with van der Waals surface area (Å²) in [6.07, 6.45) is 0.